The molecular formula is C6H9Cl. The first-order valence-corrected chi connectivity index (χ1v) is 2.67. The van der Waals surface area contributed by atoms with Crippen LogP contribution in [0.5, 0.6) is 0 Å². The van der Waals surface area contributed by atoms with E-state index in [0.717, 1.165) is 11.5 Å². The smallest absolute Gasteiger partial charge is 0.0360 e. The average molecular weight is 117 g/mol. The zero-order chi connectivity index (χ0) is 5.70. The Morgan fingerprint density at radius 1 is 1.86 bits per heavy atom. The molecule has 1 heteroatoms. The molecule has 0 heterocycles. The Morgan fingerprint density at radius 3 is 2.57 bits per heavy atom. The van der Waals surface area contributed by atoms with Gasteiger partial charge in [-0.2, -0.15) is 0 Å². The molecule has 0 amide bonds. The van der Waals surface area contributed by atoms with Crippen molar-refractivity contribution in [1.29, 1.82) is 0 Å². The van der Waals surface area contributed by atoms with Crippen molar-refractivity contribution >= 4 is 11.6 Å². The van der Waals surface area contributed by atoms with Crippen molar-refractivity contribution < 1.29 is 0 Å². The SMILES string of the molecule is C=C/C(Cl)=C/CC. The highest BCUT2D eigenvalue weighted by Gasteiger charge is 1.75. The van der Waals surface area contributed by atoms with E-state index < -0.39 is 0 Å². The van der Waals surface area contributed by atoms with Crippen LogP contribution in [0.3, 0.4) is 0 Å². The Kier molecular flexibility index (Phi) is 3.81. The average Bonchev–Trinajstić information content (AvgIpc) is 1.68. The van der Waals surface area contributed by atoms with Crippen LogP contribution in [0.2, 0.25) is 0 Å². The Bertz CT molecular complexity index is 82.2. The predicted octanol–water partition coefficient (Wildman–Crippen LogP) is 2.71. The molecule has 0 nitrogen and oxygen atoms in total. The maximum atomic E-state index is 5.51. The monoisotopic (exact) mass is 116 g/mol. The molecular weight excluding hydrogens is 108 g/mol. The Morgan fingerprint density at radius 2 is 2.43 bits per heavy atom. The van der Waals surface area contributed by atoms with E-state index in [0.29, 0.717) is 0 Å². The number of hydrogen-bond acceptors (Lipinski definition) is 0. The van der Waals surface area contributed by atoms with E-state index in [1.54, 1.807) is 6.08 Å². The van der Waals surface area contributed by atoms with Gasteiger partial charge in [-0.3, -0.25) is 0 Å². The fourth-order valence-corrected chi connectivity index (χ4v) is 0.433. The van der Waals surface area contributed by atoms with Crippen molar-refractivity contribution in [2.24, 2.45) is 0 Å². The lowest BCUT2D eigenvalue weighted by atomic mass is 10.4. The van der Waals surface area contributed by atoms with Crippen LogP contribution in [0.1, 0.15) is 13.3 Å². The fourth-order valence-electron chi connectivity index (χ4n) is 0.278. The third-order valence-electron chi connectivity index (χ3n) is 0.594. The van der Waals surface area contributed by atoms with Crippen LogP contribution in [0.25, 0.3) is 0 Å². The molecule has 0 saturated heterocycles. The van der Waals surface area contributed by atoms with Crippen molar-refractivity contribution in [2.75, 3.05) is 0 Å². The van der Waals surface area contributed by atoms with Crippen molar-refractivity contribution in [2.45, 2.75) is 13.3 Å². The van der Waals surface area contributed by atoms with E-state index >= 15 is 0 Å². The predicted molar refractivity (Wildman–Crippen MR) is 34.4 cm³/mol. The molecule has 0 aromatic carbocycles. The second-order valence-electron chi connectivity index (χ2n) is 1.20. The van der Waals surface area contributed by atoms with Crippen LogP contribution < -0.4 is 0 Å². The molecule has 0 aliphatic carbocycles. The zero-order valence-corrected chi connectivity index (χ0v) is 5.20. The molecule has 0 radical (unpaired) electrons. The summed E-state index contributed by atoms with van der Waals surface area (Å²) in [6.45, 7) is 5.51. The first kappa shape index (κ1) is 6.77. The normalized spacial score (nSPS) is 11.4. The van der Waals surface area contributed by atoms with Gasteiger partial charge in [0.15, 0.2) is 0 Å². The molecule has 40 valence electrons. The Hall–Kier alpha value is -0.230. The molecule has 0 aliphatic heterocycles. The minimum Gasteiger partial charge on any atom is -0.0976 e. The summed E-state index contributed by atoms with van der Waals surface area (Å²) in [6, 6.07) is 0. The standard InChI is InChI=1S/C6H9Cl/c1-3-5-6(7)4-2/h4-5H,2-3H2,1H3/b6-5-. The summed E-state index contributed by atoms with van der Waals surface area (Å²) in [5.41, 5.74) is 0. The maximum Gasteiger partial charge on any atom is 0.0360 e. The summed E-state index contributed by atoms with van der Waals surface area (Å²) >= 11 is 5.51. The van der Waals surface area contributed by atoms with E-state index in [2.05, 4.69) is 6.58 Å². The van der Waals surface area contributed by atoms with Gasteiger partial charge in [-0.15, -0.1) is 0 Å². The lowest BCUT2D eigenvalue weighted by Gasteiger charge is -1.80. The zero-order valence-electron chi connectivity index (χ0n) is 4.45. The van der Waals surface area contributed by atoms with Crippen molar-refractivity contribution in [3.8, 4) is 0 Å². The van der Waals surface area contributed by atoms with Crippen LogP contribution in [0, 0.1) is 0 Å². The van der Waals surface area contributed by atoms with Crippen LogP contribution >= 0.6 is 11.6 Å². The van der Waals surface area contributed by atoms with Gasteiger partial charge in [0.25, 0.3) is 0 Å². The first-order valence-electron chi connectivity index (χ1n) is 2.29. The Balaban J connectivity index is 3.49. The lowest BCUT2D eigenvalue weighted by molar-refractivity contribution is 1.22. The van der Waals surface area contributed by atoms with E-state index in [4.69, 9.17) is 11.6 Å². The van der Waals surface area contributed by atoms with Gasteiger partial charge in [-0.1, -0.05) is 37.3 Å². The van der Waals surface area contributed by atoms with E-state index in [-0.39, 0.29) is 0 Å². The highest BCUT2D eigenvalue weighted by molar-refractivity contribution is 6.31. The fraction of sp³-hybridized carbons (Fsp3) is 0.333. The van der Waals surface area contributed by atoms with Gasteiger partial charge in [-0.05, 0) is 6.42 Å². The molecule has 0 unspecified atom stereocenters. The van der Waals surface area contributed by atoms with E-state index in [1.807, 2.05) is 13.0 Å². The molecule has 0 atom stereocenters. The first-order chi connectivity index (χ1) is 3.31. The minimum absolute atomic E-state index is 0.738. The number of allylic oxidation sites excluding steroid dienone is 3. The third-order valence-corrected chi connectivity index (χ3v) is 0.903. The molecule has 0 rings (SSSR count). The quantitative estimate of drug-likeness (QED) is 0.487. The summed E-state index contributed by atoms with van der Waals surface area (Å²) in [6.07, 6.45) is 4.52. The van der Waals surface area contributed by atoms with E-state index in [1.165, 1.54) is 0 Å². The van der Waals surface area contributed by atoms with Gasteiger partial charge in [0.2, 0.25) is 0 Å². The van der Waals surface area contributed by atoms with Gasteiger partial charge in [0, 0.05) is 5.03 Å². The number of halogens is 1. The van der Waals surface area contributed by atoms with Crippen LogP contribution in [0.15, 0.2) is 23.8 Å². The van der Waals surface area contributed by atoms with Gasteiger partial charge in [-0.25, -0.2) is 0 Å². The van der Waals surface area contributed by atoms with Gasteiger partial charge in [0.1, 0.15) is 0 Å². The van der Waals surface area contributed by atoms with Gasteiger partial charge in [0.05, 0.1) is 0 Å². The summed E-state index contributed by atoms with van der Waals surface area (Å²) in [5, 5.41) is 0.738. The summed E-state index contributed by atoms with van der Waals surface area (Å²) in [5.74, 6) is 0. The highest BCUT2D eigenvalue weighted by atomic mass is 35.5. The van der Waals surface area contributed by atoms with Crippen LogP contribution in [-0.2, 0) is 0 Å². The summed E-state index contributed by atoms with van der Waals surface area (Å²) in [4.78, 5) is 0. The molecule has 0 bridgehead atoms. The second kappa shape index (κ2) is 3.94. The highest BCUT2D eigenvalue weighted by Crippen LogP contribution is 2.01. The number of hydrogen-bond donors (Lipinski definition) is 0. The summed E-state index contributed by atoms with van der Waals surface area (Å²) in [7, 11) is 0. The Labute approximate surface area is 49.5 Å². The minimum atomic E-state index is 0.738. The maximum absolute atomic E-state index is 5.51. The molecule has 7 heavy (non-hydrogen) atoms. The van der Waals surface area contributed by atoms with Gasteiger partial charge < -0.3 is 0 Å². The van der Waals surface area contributed by atoms with Gasteiger partial charge >= 0.3 is 0 Å². The molecule has 0 fully saturated rings. The van der Waals surface area contributed by atoms with Crippen LogP contribution in [0.4, 0.5) is 0 Å². The molecule has 0 N–H and O–H groups in total. The topological polar surface area (TPSA) is 0 Å². The molecule has 0 aromatic heterocycles. The largest absolute Gasteiger partial charge is 0.0976 e. The van der Waals surface area contributed by atoms with Crippen molar-refractivity contribution in [3.63, 3.8) is 0 Å². The second-order valence-corrected chi connectivity index (χ2v) is 1.64. The molecule has 0 aromatic rings. The van der Waals surface area contributed by atoms with Crippen molar-refractivity contribution in [1.82, 2.24) is 0 Å². The van der Waals surface area contributed by atoms with E-state index in [9.17, 15) is 0 Å². The molecule has 0 spiro atoms. The summed E-state index contributed by atoms with van der Waals surface area (Å²) < 4.78 is 0. The third kappa shape index (κ3) is 3.60. The lowest BCUT2D eigenvalue weighted by Crippen LogP contribution is -1.57. The van der Waals surface area contributed by atoms with Crippen LogP contribution in [-0.4, -0.2) is 0 Å². The van der Waals surface area contributed by atoms with Crippen molar-refractivity contribution in [3.05, 3.63) is 23.8 Å². The molecule has 0 aliphatic rings. The molecule has 0 saturated carbocycles. The number of rotatable bonds is 2.